The molecule has 2 rings (SSSR count). The van der Waals surface area contributed by atoms with Gasteiger partial charge in [0, 0.05) is 13.1 Å². The zero-order valence-electron chi connectivity index (χ0n) is 12.2. The van der Waals surface area contributed by atoms with Crippen LogP contribution in [0, 0.1) is 0 Å². The van der Waals surface area contributed by atoms with Crippen molar-refractivity contribution in [1.82, 2.24) is 4.90 Å². The minimum Gasteiger partial charge on any atom is -0.854 e. The molecule has 2 aromatic rings. The van der Waals surface area contributed by atoms with E-state index in [2.05, 4.69) is 53.4 Å². The third-order valence-electron chi connectivity index (χ3n) is 3.12. The van der Waals surface area contributed by atoms with Crippen LogP contribution in [0.1, 0.15) is 17.5 Å². The van der Waals surface area contributed by atoms with Gasteiger partial charge in [-0.25, -0.2) is 0 Å². The molecule has 0 bridgehead atoms. The molecule has 0 unspecified atom stereocenters. The van der Waals surface area contributed by atoms with E-state index in [-0.39, 0.29) is 58.0 Å². The number of hydrogen-bond acceptors (Lipinski definition) is 2. The molecule has 100 valence electrons. The topological polar surface area (TPSA) is 26.3 Å². The van der Waals surface area contributed by atoms with E-state index < -0.39 is 0 Å². The van der Waals surface area contributed by atoms with Gasteiger partial charge in [-0.15, -0.1) is 6.61 Å². The van der Waals surface area contributed by atoms with E-state index in [1.807, 2.05) is 12.1 Å². The molecule has 2 aromatic carbocycles. The molecule has 0 amide bonds. The van der Waals surface area contributed by atoms with Gasteiger partial charge < -0.3 is 5.11 Å². The van der Waals surface area contributed by atoms with E-state index in [1.54, 1.807) is 0 Å². The van der Waals surface area contributed by atoms with Crippen LogP contribution in [0.2, 0.25) is 0 Å². The normalized spacial score (nSPS) is 10.3. The molecule has 20 heavy (non-hydrogen) atoms. The number of rotatable bonds is 7. The van der Waals surface area contributed by atoms with Crippen molar-refractivity contribution in [3.63, 3.8) is 0 Å². The Labute approximate surface area is 164 Å². The Morgan fingerprint density at radius 3 is 1.60 bits per heavy atom. The Bertz CT molecular complexity index is 419. The third-order valence-corrected chi connectivity index (χ3v) is 3.12. The maximum Gasteiger partial charge on any atom is 1.00 e. The number of nitrogens with zero attached hydrogens (tertiary/aromatic N) is 1. The zero-order valence-corrected chi connectivity index (χ0v) is 15.3. The predicted octanol–water partition coefficient (Wildman–Crippen LogP) is -0.557. The Balaban J connectivity index is 0.00000200. The summed E-state index contributed by atoms with van der Waals surface area (Å²) in [7, 11) is 0. The van der Waals surface area contributed by atoms with Crippen LogP contribution < -0.4 is 56.5 Å². The smallest absolute Gasteiger partial charge is 0.854 e. The summed E-state index contributed by atoms with van der Waals surface area (Å²) in [6.45, 7) is 2.65. The SMILES string of the molecule is [K+].[O-]CCCN(Cc1ccccc1)Cc1ccccc1. The van der Waals surface area contributed by atoms with Gasteiger partial charge in [0.05, 0.1) is 0 Å². The number of hydrogen-bond donors (Lipinski definition) is 0. The van der Waals surface area contributed by atoms with Crippen LogP contribution in [0.25, 0.3) is 0 Å². The fraction of sp³-hybridized carbons (Fsp3) is 0.294. The summed E-state index contributed by atoms with van der Waals surface area (Å²) in [4.78, 5) is 2.34. The zero-order chi connectivity index (χ0) is 13.3. The average molecular weight is 293 g/mol. The van der Waals surface area contributed by atoms with E-state index in [4.69, 9.17) is 0 Å². The van der Waals surface area contributed by atoms with Gasteiger partial charge in [-0.05, 0) is 17.7 Å². The average Bonchev–Trinajstić information content (AvgIpc) is 2.47. The molecule has 0 N–H and O–H groups in total. The molecular weight excluding hydrogens is 273 g/mol. The van der Waals surface area contributed by atoms with E-state index in [0.29, 0.717) is 6.42 Å². The fourth-order valence-corrected chi connectivity index (χ4v) is 2.19. The molecule has 0 atom stereocenters. The fourth-order valence-electron chi connectivity index (χ4n) is 2.19. The van der Waals surface area contributed by atoms with Gasteiger partial charge in [-0.2, -0.15) is 0 Å². The van der Waals surface area contributed by atoms with Crippen LogP contribution in [0.15, 0.2) is 60.7 Å². The maximum absolute atomic E-state index is 10.7. The monoisotopic (exact) mass is 293 g/mol. The largest absolute Gasteiger partial charge is 1.00 e. The quantitative estimate of drug-likeness (QED) is 0.640. The third kappa shape index (κ3) is 6.63. The van der Waals surface area contributed by atoms with Crippen LogP contribution in [-0.4, -0.2) is 18.1 Å². The van der Waals surface area contributed by atoms with Crippen LogP contribution in [-0.2, 0) is 13.1 Å². The molecule has 0 aliphatic carbocycles. The van der Waals surface area contributed by atoms with Gasteiger partial charge in [0.1, 0.15) is 0 Å². The standard InChI is InChI=1S/C17H20NO.K/c19-13-7-12-18(14-16-8-3-1-4-9-16)15-17-10-5-2-6-11-17;/h1-6,8-11H,7,12-15H2;/q-1;+1. The molecular formula is C17H20KNO. The van der Waals surface area contributed by atoms with Crippen molar-refractivity contribution in [1.29, 1.82) is 0 Å². The number of benzene rings is 2. The van der Waals surface area contributed by atoms with E-state index in [0.717, 1.165) is 19.6 Å². The molecule has 0 aromatic heterocycles. The summed E-state index contributed by atoms with van der Waals surface area (Å²) in [6, 6.07) is 20.8. The van der Waals surface area contributed by atoms with Crippen molar-refractivity contribution in [2.75, 3.05) is 13.2 Å². The van der Waals surface area contributed by atoms with E-state index in [1.165, 1.54) is 11.1 Å². The van der Waals surface area contributed by atoms with Gasteiger partial charge in [-0.1, -0.05) is 67.1 Å². The van der Waals surface area contributed by atoms with Crippen LogP contribution in [0.3, 0.4) is 0 Å². The van der Waals surface area contributed by atoms with Gasteiger partial charge in [0.15, 0.2) is 0 Å². The first-order chi connectivity index (χ1) is 9.38. The summed E-state index contributed by atoms with van der Waals surface area (Å²) in [5.74, 6) is 0. The van der Waals surface area contributed by atoms with Crippen LogP contribution in [0.4, 0.5) is 0 Å². The second kappa shape index (κ2) is 10.7. The van der Waals surface area contributed by atoms with Crippen LogP contribution in [0.5, 0.6) is 0 Å². The second-order valence-electron chi connectivity index (χ2n) is 4.74. The maximum atomic E-state index is 10.7. The van der Waals surface area contributed by atoms with Crippen molar-refractivity contribution in [2.45, 2.75) is 19.5 Å². The predicted molar refractivity (Wildman–Crippen MR) is 76.5 cm³/mol. The molecule has 0 radical (unpaired) electrons. The molecule has 0 spiro atoms. The van der Waals surface area contributed by atoms with E-state index >= 15 is 0 Å². The second-order valence-corrected chi connectivity index (χ2v) is 4.74. The van der Waals surface area contributed by atoms with Gasteiger partial charge >= 0.3 is 51.4 Å². The molecule has 0 aliphatic rings. The summed E-state index contributed by atoms with van der Waals surface area (Å²) in [5, 5.41) is 10.7. The minimum absolute atomic E-state index is 0. The van der Waals surface area contributed by atoms with Crippen molar-refractivity contribution in [3.05, 3.63) is 71.8 Å². The first kappa shape index (κ1) is 18.0. The van der Waals surface area contributed by atoms with Gasteiger partial charge in [0.25, 0.3) is 0 Å². The van der Waals surface area contributed by atoms with Crippen molar-refractivity contribution in [3.8, 4) is 0 Å². The Kier molecular flexibility index (Phi) is 9.64. The Hall–Kier alpha value is -0.00364. The van der Waals surface area contributed by atoms with Crippen molar-refractivity contribution >= 4 is 0 Å². The first-order valence-electron chi connectivity index (χ1n) is 6.77. The summed E-state index contributed by atoms with van der Waals surface area (Å²) >= 11 is 0. The van der Waals surface area contributed by atoms with Crippen molar-refractivity contribution < 1.29 is 56.5 Å². The molecule has 2 nitrogen and oxygen atoms in total. The molecule has 3 heteroatoms. The Morgan fingerprint density at radius 1 is 0.750 bits per heavy atom. The first-order valence-corrected chi connectivity index (χ1v) is 6.77. The summed E-state index contributed by atoms with van der Waals surface area (Å²) in [5.41, 5.74) is 2.59. The van der Waals surface area contributed by atoms with Crippen molar-refractivity contribution in [2.24, 2.45) is 0 Å². The molecule has 0 heterocycles. The Morgan fingerprint density at radius 2 is 1.20 bits per heavy atom. The van der Waals surface area contributed by atoms with Gasteiger partial charge in [-0.3, -0.25) is 4.90 Å². The molecule has 0 saturated carbocycles. The van der Waals surface area contributed by atoms with Crippen LogP contribution >= 0.6 is 0 Å². The molecule has 0 aliphatic heterocycles. The molecule has 0 fully saturated rings. The summed E-state index contributed by atoms with van der Waals surface area (Å²) in [6.07, 6.45) is 0.708. The van der Waals surface area contributed by atoms with Gasteiger partial charge in [0.2, 0.25) is 0 Å². The minimum atomic E-state index is 0. The van der Waals surface area contributed by atoms with E-state index in [9.17, 15) is 5.11 Å². The molecule has 0 saturated heterocycles. The summed E-state index contributed by atoms with van der Waals surface area (Å²) < 4.78 is 0.